The number of piperidine rings is 1. The number of carboxylic acids is 1. The molecule has 2 fully saturated rings. The predicted molar refractivity (Wildman–Crippen MR) is 62.3 cm³/mol. The molecule has 2 aliphatic rings. The van der Waals surface area contributed by atoms with E-state index in [0.717, 1.165) is 32.0 Å². The second-order valence-corrected chi connectivity index (χ2v) is 5.67. The molecule has 0 aromatic rings. The summed E-state index contributed by atoms with van der Waals surface area (Å²) in [6.07, 6.45) is 4.33. The van der Waals surface area contributed by atoms with Gasteiger partial charge in [0, 0.05) is 11.8 Å². The number of carboxylic acid groups (broad SMARTS) is 1. The van der Waals surface area contributed by atoms with E-state index in [1.807, 2.05) is 11.8 Å². The fraction of sp³-hybridized carbons (Fsp3) is 0.909. The first-order chi connectivity index (χ1) is 7.27. The van der Waals surface area contributed by atoms with Crippen LogP contribution >= 0.6 is 11.8 Å². The molecule has 1 atom stereocenters. The number of carbonyl (C=O) groups is 1. The van der Waals surface area contributed by atoms with Crippen molar-refractivity contribution in [3.05, 3.63) is 0 Å². The highest BCUT2D eigenvalue weighted by atomic mass is 32.2. The largest absolute Gasteiger partial charge is 0.481 e. The Kier molecular flexibility index (Phi) is 3.92. The number of thioether (sulfide) groups is 1. The van der Waals surface area contributed by atoms with Crippen LogP contribution in [0.15, 0.2) is 0 Å². The zero-order chi connectivity index (χ0) is 10.7. The Bertz CT molecular complexity index is 221. The molecular formula is C11H19NO2S. The smallest absolute Gasteiger partial charge is 0.306 e. The maximum absolute atomic E-state index is 10.8. The van der Waals surface area contributed by atoms with Gasteiger partial charge >= 0.3 is 5.97 Å². The number of nitrogens with zero attached hydrogens (tertiary/aromatic N) is 1. The fourth-order valence-corrected chi connectivity index (χ4v) is 3.71. The van der Waals surface area contributed by atoms with Crippen LogP contribution in [-0.2, 0) is 4.79 Å². The van der Waals surface area contributed by atoms with Crippen LogP contribution in [0.2, 0.25) is 0 Å². The Morgan fingerprint density at radius 1 is 1.27 bits per heavy atom. The molecule has 0 bridgehead atoms. The first-order valence-electron chi connectivity index (χ1n) is 5.82. The van der Waals surface area contributed by atoms with Gasteiger partial charge in [-0.25, -0.2) is 0 Å². The molecule has 0 radical (unpaired) electrons. The van der Waals surface area contributed by atoms with Crippen LogP contribution in [0.25, 0.3) is 0 Å². The lowest BCUT2D eigenvalue weighted by Crippen LogP contribution is -2.45. The topological polar surface area (TPSA) is 40.5 Å². The number of hydrogen-bond donors (Lipinski definition) is 1. The average Bonchev–Trinajstić information content (AvgIpc) is 2.30. The number of hydrogen-bond acceptors (Lipinski definition) is 3. The van der Waals surface area contributed by atoms with E-state index in [1.54, 1.807) is 0 Å². The van der Waals surface area contributed by atoms with Gasteiger partial charge in [-0.15, -0.1) is 0 Å². The Labute approximate surface area is 95.2 Å². The normalized spacial score (nSPS) is 30.3. The van der Waals surface area contributed by atoms with Crippen LogP contribution in [0.5, 0.6) is 0 Å². The Morgan fingerprint density at radius 3 is 2.53 bits per heavy atom. The van der Waals surface area contributed by atoms with Gasteiger partial charge in [0.1, 0.15) is 0 Å². The second-order valence-electron chi connectivity index (χ2n) is 4.52. The molecule has 0 spiro atoms. The van der Waals surface area contributed by atoms with Crippen LogP contribution < -0.4 is 0 Å². The maximum Gasteiger partial charge on any atom is 0.306 e. The monoisotopic (exact) mass is 229 g/mol. The van der Waals surface area contributed by atoms with E-state index < -0.39 is 5.97 Å². The van der Waals surface area contributed by atoms with Gasteiger partial charge in [0.2, 0.25) is 0 Å². The maximum atomic E-state index is 10.8. The third-order valence-electron chi connectivity index (χ3n) is 3.53. The van der Waals surface area contributed by atoms with E-state index in [4.69, 9.17) is 5.11 Å². The highest BCUT2D eigenvalue weighted by Gasteiger charge is 2.29. The molecule has 0 aliphatic carbocycles. The Balaban J connectivity index is 1.79. The Morgan fingerprint density at radius 2 is 2.00 bits per heavy atom. The van der Waals surface area contributed by atoms with Crippen LogP contribution in [0.3, 0.4) is 0 Å². The van der Waals surface area contributed by atoms with Crippen molar-refractivity contribution < 1.29 is 9.90 Å². The predicted octanol–water partition coefficient (Wildman–Crippen LogP) is 1.68. The lowest BCUT2D eigenvalue weighted by Gasteiger charge is -2.38. The zero-order valence-corrected chi connectivity index (χ0v) is 9.84. The van der Waals surface area contributed by atoms with Gasteiger partial charge in [-0.1, -0.05) is 0 Å². The summed E-state index contributed by atoms with van der Waals surface area (Å²) >= 11 is 2.05. The van der Waals surface area contributed by atoms with Gasteiger partial charge in [-0.05, 0) is 44.5 Å². The minimum Gasteiger partial charge on any atom is -0.481 e. The van der Waals surface area contributed by atoms with E-state index >= 15 is 0 Å². The molecule has 15 heavy (non-hydrogen) atoms. The molecule has 3 nitrogen and oxygen atoms in total. The summed E-state index contributed by atoms with van der Waals surface area (Å²) in [5.74, 6) is 1.87. The molecule has 0 amide bonds. The SMILES string of the molecule is O=C(O)C1CCN(C2CCCSC2)CC1. The molecule has 0 saturated carbocycles. The summed E-state index contributed by atoms with van der Waals surface area (Å²) in [7, 11) is 0. The first-order valence-corrected chi connectivity index (χ1v) is 6.97. The molecule has 1 unspecified atom stereocenters. The van der Waals surface area contributed by atoms with E-state index in [-0.39, 0.29) is 5.92 Å². The van der Waals surface area contributed by atoms with Crippen LogP contribution in [0.1, 0.15) is 25.7 Å². The van der Waals surface area contributed by atoms with Crippen LogP contribution in [0.4, 0.5) is 0 Å². The lowest BCUT2D eigenvalue weighted by molar-refractivity contribution is -0.143. The molecule has 0 aromatic carbocycles. The third kappa shape index (κ3) is 2.88. The highest BCUT2D eigenvalue weighted by molar-refractivity contribution is 7.99. The fourth-order valence-electron chi connectivity index (χ4n) is 2.52. The van der Waals surface area contributed by atoms with Crippen molar-refractivity contribution in [1.82, 2.24) is 4.90 Å². The molecule has 4 heteroatoms. The van der Waals surface area contributed by atoms with Crippen LogP contribution in [0, 0.1) is 5.92 Å². The van der Waals surface area contributed by atoms with E-state index in [9.17, 15) is 4.79 Å². The molecule has 86 valence electrons. The number of likely N-dealkylation sites (tertiary alicyclic amines) is 1. The summed E-state index contributed by atoms with van der Waals surface area (Å²) in [6, 6.07) is 0.721. The van der Waals surface area contributed by atoms with E-state index in [1.165, 1.54) is 24.3 Å². The quantitative estimate of drug-likeness (QED) is 0.782. The molecule has 2 rings (SSSR count). The van der Waals surface area contributed by atoms with Crippen molar-refractivity contribution in [2.24, 2.45) is 5.92 Å². The average molecular weight is 229 g/mol. The van der Waals surface area contributed by atoms with Crippen molar-refractivity contribution in [3.63, 3.8) is 0 Å². The molecule has 1 N–H and O–H groups in total. The van der Waals surface area contributed by atoms with Crippen molar-refractivity contribution in [1.29, 1.82) is 0 Å². The van der Waals surface area contributed by atoms with Gasteiger partial charge in [-0.2, -0.15) is 11.8 Å². The van der Waals surface area contributed by atoms with E-state index in [2.05, 4.69) is 4.90 Å². The van der Waals surface area contributed by atoms with Crippen molar-refractivity contribution in [2.75, 3.05) is 24.6 Å². The second kappa shape index (κ2) is 5.21. The van der Waals surface area contributed by atoms with Gasteiger partial charge < -0.3 is 5.11 Å². The number of rotatable bonds is 2. The third-order valence-corrected chi connectivity index (χ3v) is 4.73. The van der Waals surface area contributed by atoms with Gasteiger partial charge in [0.25, 0.3) is 0 Å². The van der Waals surface area contributed by atoms with Gasteiger partial charge in [0.15, 0.2) is 0 Å². The van der Waals surface area contributed by atoms with Gasteiger partial charge in [-0.3, -0.25) is 9.69 Å². The lowest BCUT2D eigenvalue weighted by atomic mass is 9.95. The molecular weight excluding hydrogens is 210 g/mol. The molecule has 0 aromatic heterocycles. The molecule has 2 saturated heterocycles. The summed E-state index contributed by atoms with van der Waals surface area (Å²) in [5.41, 5.74) is 0. The van der Waals surface area contributed by atoms with Crippen molar-refractivity contribution in [3.8, 4) is 0 Å². The molecule has 2 heterocycles. The van der Waals surface area contributed by atoms with Crippen molar-refractivity contribution in [2.45, 2.75) is 31.7 Å². The summed E-state index contributed by atoms with van der Waals surface area (Å²) in [4.78, 5) is 13.3. The zero-order valence-electron chi connectivity index (χ0n) is 9.02. The minimum absolute atomic E-state index is 0.0857. The van der Waals surface area contributed by atoms with Crippen LogP contribution in [-0.4, -0.2) is 46.6 Å². The molecule has 2 aliphatic heterocycles. The standard InChI is InChI=1S/C11H19NO2S/c13-11(14)9-3-5-12(6-4-9)10-2-1-7-15-8-10/h9-10H,1-8H2,(H,13,14). The van der Waals surface area contributed by atoms with Crippen molar-refractivity contribution >= 4 is 17.7 Å². The van der Waals surface area contributed by atoms with Gasteiger partial charge in [0.05, 0.1) is 5.92 Å². The highest BCUT2D eigenvalue weighted by Crippen LogP contribution is 2.26. The van der Waals surface area contributed by atoms with E-state index in [0.29, 0.717) is 0 Å². The summed E-state index contributed by atoms with van der Waals surface area (Å²) in [6.45, 7) is 1.98. The minimum atomic E-state index is -0.604. The first kappa shape index (κ1) is 11.3. The summed E-state index contributed by atoms with van der Waals surface area (Å²) in [5, 5.41) is 8.91. The number of aliphatic carboxylic acids is 1. The Hall–Kier alpha value is -0.220. The summed E-state index contributed by atoms with van der Waals surface area (Å²) < 4.78 is 0.